The van der Waals surface area contributed by atoms with Gasteiger partial charge in [0.2, 0.25) is 0 Å². The summed E-state index contributed by atoms with van der Waals surface area (Å²) in [5.74, 6) is 0. The van der Waals surface area contributed by atoms with Crippen molar-refractivity contribution in [2.24, 2.45) is 0 Å². The van der Waals surface area contributed by atoms with Crippen LogP contribution in [0.2, 0.25) is 0 Å². The quantitative estimate of drug-likeness (QED) is 0.665. The Kier molecular flexibility index (Phi) is 4.49. The van der Waals surface area contributed by atoms with Crippen LogP contribution in [0, 0.1) is 0 Å². The van der Waals surface area contributed by atoms with E-state index in [4.69, 9.17) is 40.6 Å². The molecule has 2 rings (SSSR count). The van der Waals surface area contributed by atoms with E-state index < -0.39 is 37.3 Å². The fourth-order valence-corrected chi connectivity index (χ4v) is 6.71. The molecule has 0 amide bonds. The van der Waals surface area contributed by atoms with Crippen molar-refractivity contribution < 1.29 is 27.2 Å². The first-order chi connectivity index (χ1) is 8.88. The molecule has 0 radical (unpaired) electrons. The minimum atomic E-state index is -3.53. The van der Waals surface area contributed by atoms with E-state index in [-0.39, 0.29) is 0 Å². The lowest BCUT2D eigenvalue weighted by atomic mass is 9.86. The summed E-state index contributed by atoms with van der Waals surface area (Å²) in [5, 5.41) is 0. The lowest BCUT2D eigenvalue weighted by Gasteiger charge is -2.31. The molecule has 10 heteroatoms. The van der Waals surface area contributed by atoms with E-state index in [2.05, 4.69) is 0 Å². The van der Waals surface area contributed by atoms with Crippen molar-refractivity contribution in [3.63, 3.8) is 0 Å². The van der Waals surface area contributed by atoms with Crippen molar-refractivity contribution in [3.8, 4) is 0 Å². The highest BCUT2D eigenvalue weighted by Crippen LogP contribution is 2.67. The second-order valence-electron chi connectivity index (χ2n) is 5.66. The lowest BCUT2D eigenvalue weighted by molar-refractivity contribution is 0.00550. The molecule has 0 spiro atoms. The summed E-state index contributed by atoms with van der Waals surface area (Å²) < 4.78 is 44.3. The Morgan fingerprint density at radius 2 is 1.20 bits per heavy atom. The Balaban J connectivity index is 2.06. The third-order valence-corrected chi connectivity index (χ3v) is 7.34. The standard InChI is InChI=1S/C10H18Cl2O6P2/c1-7-9(3,17-19(11,13)15-7)5-6-10(4)8(2)16-20(12,14)18-10/h7-8H,5-6H2,1-4H3/t7-,8?,9?,10?,19?,20?/m1/s1. The van der Waals surface area contributed by atoms with Crippen molar-refractivity contribution in [2.75, 3.05) is 0 Å². The van der Waals surface area contributed by atoms with Gasteiger partial charge in [-0.1, -0.05) is 0 Å². The van der Waals surface area contributed by atoms with E-state index >= 15 is 0 Å². The van der Waals surface area contributed by atoms with E-state index in [9.17, 15) is 9.13 Å². The number of halogens is 2. The van der Waals surface area contributed by atoms with Gasteiger partial charge >= 0.3 is 13.9 Å². The second-order valence-corrected chi connectivity index (χ2v) is 10.7. The predicted molar refractivity (Wildman–Crippen MR) is 76.2 cm³/mol. The van der Waals surface area contributed by atoms with Crippen LogP contribution in [0.4, 0.5) is 0 Å². The van der Waals surface area contributed by atoms with Crippen LogP contribution < -0.4 is 0 Å². The van der Waals surface area contributed by atoms with Crippen LogP contribution in [-0.4, -0.2) is 23.4 Å². The van der Waals surface area contributed by atoms with Gasteiger partial charge in [0, 0.05) is 22.5 Å². The normalized spacial score (nSPS) is 56.3. The van der Waals surface area contributed by atoms with Crippen molar-refractivity contribution in [1.82, 2.24) is 0 Å². The van der Waals surface area contributed by atoms with Gasteiger partial charge in [-0.05, 0) is 40.5 Å². The van der Waals surface area contributed by atoms with Crippen LogP contribution in [0.1, 0.15) is 40.5 Å². The molecule has 0 aromatic rings. The Bertz CT molecular complexity index is 458. The number of hydrogen-bond donors (Lipinski definition) is 0. The van der Waals surface area contributed by atoms with Crippen molar-refractivity contribution >= 4 is 36.4 Å². The zero-order valence-corrected chi connectivity index (χ0v) is 15.0. The van der Waals surface area contributed by atoms with Gasteiger partial charge in [0.1, 0.15) is 11.2 Å². The highest BCUT2D eigenvalue weighted by Gasteiger charge is 2.54. The van der Waals surface area contributed by atoms with Gasteiger partial charge in [0.25, 0.3) is 0 Å². The number of hydrogen-bond acceptors (Lipinski definition) is 6. The van der Waals surface area contributed by atoms with E-state index in [0.717, 1.165) is 0 Å². The molecule has 0 saturated carbocycles. The van der Waals surface area contributed by atoms with Gasteiger partial charge in [-0.3, -0.25) is 18.1 Å². The van der Waals surface area contributed by atoms with Gasteiger partial charge < -0.3 is 0 Å². The first-order valence-electron chi connectivity index (χ1n) is 6.25. The van der Waals surface area contributed by atoms with E-state index in [1.165, 1.54) is 0 Å². The SMILES string of the molecule is CC1OP(=O)(Cl)OC1(C)CCC1(C)OP(=O)(Cl)O[C@@H]1C. The predicted octanol–water partition coefficient (Wildman–Crippen LogP) is 4.85. The first-order valence-corrected chi connectivity index (χ1v) is 11.1. The average Bonchev–Trinajstić information content (AvgIpc) is 2.56. The number of rotatable bonds is 3. The van der Waals surface area contributed by atoms with Crippen LogP contribution >= 0.6 is 36.4 Å². The summed E-state index contributed by atoms with van der Waals surface area (Å²) >= 11 is 11.3. The smallest absolute Gasteiger partial charge is 0.291 e. The molecule has 0 aromatic carbocycles. The molecule has 20 heavy (non-hydrogen) atoms. The first kappa shape index (κ1) is 17.2. The molecule has 5 unspecified atom stereocenters. The Labute approximate surface area is 128 Å². The van der Waals surface area contributed by atoms with Gasteiger partial charge in [0.15, 0.2) is 0 Å². The van der Waals surface area contributed by atoms with Gasteiger partial charge in [-0.2, -0.15) is 0 Å². The van der Waals surface area contributed by atoms with Crippen molar-refractivity contribution in [3.05, 3.63) is 0 Å². The molecule has 2 heterocycles. The molecule has 0 bridgehead atoms. The van der Waals surface area contributed by atoms with E-state index in [0.29, 0.717) is 12.8 Å². The third-order valence-electron chi connectivity index (χ3n) is 4.04. The van der Waals surface area contributed by atoms with Gasteiger partial charge in [0.05, 0.1) is 12.2 Å². The molecular formula is C10H18Cl2O6P2. The minimum absolute atomic E-state index is 0.421. The minimum Gasteiger partial charge on any atom is -0.291 e. The summed E-state index contributed by atoms with van der Waals surface area (Å²) in [6.45, 7) is -0.0315. The zero-order valence-electron chi connectivity index (χ0n) is 11.7. The highest BCUT2D eigenvalue weighted by atomic mass is 35.7. The summed E-state index contributed by atoms with van der Waals surface area (Å²) in [7, 11) is 0. The van der Waals surface area contributed by atoms with Crippen LogP contribution in [0.25, 0.3) is 0 Å². The van der Waals surface area contributed by atoms with Crippen LogP contribution in [0.5, 0.6) is 0 Å². The maximum Gasteiger partial charge on any atom is 0.425 e. The van der Waals surface area contributed by atoms with E-state index in [1.807, 2.05) is 0 Å². The Hall–Kier alpha value is 0.880. The monoisotopic (exact) mass is 366 g/mol. The Morgan fingerprint density at radius 1 is 0.900 bits per heavy atom. The molecule has 0 N–H and O–H groups in total. The highest BCUT2D eigenvalue weighted by molar-refractivity contribution is 7.81. The molecule has 6 atom stereocenters. The van der Waals surface area contributed by atoms with Gasteiger partial charge in [-0.25, -0.2) is 9.13 Å². The van der Waals surface area contributed by atoms with Crippen LogP contribution in [0.3, 0.4) is 0 Å². The topological polar surface area (TPSA) is 71.1 Å². The molecule has 6 nitrogen and oxygen atoms in total. The maximum atomic E-state index is 11.7. The summed E-state index contributed by atoms with van der Waals surface area (Å²) in [6.07, 6.45) is 0.0579. The second kappa shape index (κ2) is 5.21. The fraction of sp³-hybridized carbons (Fsp3) is 1.00. The zero-order chi connectivity index (χ0) is 15.4. The van der Waals surface area contributed by atoms with E-state index in [1.54, 1.807) is 27.7 Å². The Morgan fingerprint density at radius 3 is 1.40 bits per heavy atom. The summed E-state index contributed by atoms with van der Waals surface area (Å²) in [6, 6.07) is 0. The molecule has 0 aromatic heterocycles. The summed E-state index contributed by atoms with van der Waals surface area (Å²) in [5.41, 5.74) is -1.61. The molecule has 0 aliphatic carbocycles. The van der Waals surface area contributed by atoms with Crippen molar-refractivity contribution in [2.45, 2.75) is 63.9 Å². The van der Waals surface area contributed by atoms with Crippen LogP contribution in [-0.2, 0) is 27.2 Å². The fourth-order valence-electron chi connectivity index (χ4n) is 2.28. The summed E-state index contributed by atoms with van der Waals surface area (Å²) in [4.78, 5) is 0. The van der Waals surface area contributed by atoms with Gasteiger partial charge in [-0.15, -0.1) is 0 Å². The van der Waals surface area contributed by atoms with Crippen LogP contribution in [0.15, 0.2) is 0 Å². The lowest BCUT2D eigenvalue weighted by Crippen LogP contribution is -2.40. The molecule has 2 aliphatic rings. The average molecular weight is 367 g/mol. The maximum absolute atomic E-state index is 11.7. The molecular weight excluding hydrogens is 349 g/mol. The molecule has 2 saturated heterocycles. The molecule has 2 fully saturated rings. The van der Waals surface area contributed by atoms with Crippen molar-refractivity contribution in [1.29, 1.82) is 0 Å². The molecule has 2 aliphatic heterocycles. The largest absolute Gasteiger partial charge is 0.425 e. The third kappa shape index (κ3) is 3.44. The molecule has 118 valence electrons.